The van der Waals surface area contributed by atoms with E-state index < -0.39 is 0 Å². The van der Waals surface area contributed by atoms with Crippen LogP contribution in [0.1, 0.15) is 45.4 Å². The molecule has 1 heterocycles. The SMILES string of the molecule is CCCCC(Cc1nc2ccccc2n1CCC)NC. The van der Waals surface area contributed by atoms with Gasteiger partial charge in [-0.2, -0.15) is 0 Å². The normalized spacial score (nSPS) is 12.9. The van der Waals surface area contributed by atoms with Crippen LogP contribution in [0.3, 0.4) is 0 Å². The smallest absolute Gasteiger partial charge is 0.111 e. The second kappa shape index (κ2) is 7.44. The molecule has 1 atom stereocenters. The number of para-hydroxylation sites is 2. The van der Waals surface area contributed by atoms with Crippen molar-refractivity contribution in [2.45, 2.75) is 58.5 Å². The van der Waals surface area contributed by atoms with Crippen LogP contribution in [0.2, 0.25) is 0 Å². The third-order valence-electron chi connectivity index (χ3n) is 3.92. The van der Waals surface area contributed by atoms with Gasteiger partial charge in [-0.1, -0.05) is 38.8 Å². The summed E-state index contributed by atoms with van der Waals surface area (Å²) in [5.74, 6) is 1.23. The highest BCUT2D eigenvalue weighted by molar-refractivity contribution is 5.75. The lowest BCUT2D eigenvalue weighted by molar-refractivity contribution is 0.478. The van der Waals surface area contributed by atoms with Crippen molar-refractivity contribution in [2.24, 2.45) is 0 Å². The predicted octanol–water partition coefficient (Wildman–Crippen LogP) is 3.77. The molecule has 0 aliphatic carbocycles. The maximum absolute atomic E-state index is 4.85. The fourth-order valence-electron chi connectivity index (χ4n) is 2.77. The lowest BCUT2D eigenvalue weighted by atomic mass is 10.1. The minimum atomic E-state index is 0.530. The standard InChI is InChI=1S/C17H27N3/c1-4-6-9-14(18-3)13-17-19-15-10-7-8-11-16(15)20(17)12-5-2/h7-8,10-11,14,18H,4-6,9,12-13H2,1-3H3. The first-order valence-electron chi connectivity index (χ1n) is 7.91. The van der Waals surface area contributed by atoms with Gasteiger partial charge in [-0.05, 0) is 32.0 Å². The minimum absolute atomic E-state index is 0.530. The first-order chi connectivity index (χ1) is 9.80. The molecule has 0 aliphatic heterocycles. The fourth-order valence-corrected chi connectivity index (χ4v) is 2.77. The average Bonchev–Trinajstić information content (AvgIpc) is 2.82. The Morgan fingerprint density at radius 1 is 1.20 bits per heavy atom. The molecule has 0 fully saturated rings. The number of nitrogens with zero attached hydrogens (tertiary/aromatic N) is 2. The molecule has 0 saturated heterocycles. The molecule has 20 heavy (non-hydrogen) atoms. The van der Waals surface area contributed by atoms with Crippen LogP contribution in [0.15, 0.2) is 24.3 Å². The van der Waals surface area contributed by atoms with Crippen molar-refractivity contribution < 1.29 is 0 Å². The highest BCUT2D eigenvalue weighted by Crippen LogP contribution is 2.18. The fraction of sp³-hybridized carbons (Fsp3) is 0.588. The van der Waals surface area contributed by atoms with E-state index in [2.05, 4.69) is 55.0 Å². The van der Waals surface area contributed by atoms with Crippen molar-refractivity contribution in [3.05, 3.63) is 30.1 Å². The highest BCUT2D eigenvalue weighted by Gasteiger charge is 2.14. The van der Waals surface area contributed by atoms with Crippen molar-refractivity contribution in [2.75, 3.05) is 7.05 Å². The van der Waals surface area contributed by atoms with Gasteiger partial charge in [0.1, 0.15) is 5.82 Å². The first kappa shape index (κ1) is 15.0. The molecule has 0 saturated carbocycles. The monoisotopic (exact) mass is 273 g/mol. The summed E-state index contributed by atoms with van der Waals surface area (Å²) in [4.78, 5) is 4.85. The van der Waals surface area contributed by atoms with E-state index in [1.165, 1.54) is 30.6 Å². The van der Waals surface area contributed by atoms with E-state index in [-0.39, 0.29) is 0 Å². The number of nitrogens with one attached hydrogen (secondary N) is 1. The Morgan fingerprint density at radius 2 is 2.00 bits per heavy atom. The number of hydrogen-bond donors (Lipinski definition) is 1. The van der Waals surface area contributed by atoms with E-state index >= 15 is 0 Å². The average molecular weight is 273 g/mol. The molecule has 1 aromatic carbocycles. The lowest BCUT2D eigenvalue weighted by Gasteiger charge is -2.16. The van der Waals surface area contributed by atoms with E-state index in [0.717, 1.165) is 24.9 Å². The van der Waals surface area contributed by atoms with Gasteiger partial charge in [0.15, 0.2) is 0 Å². The summed E-state index contributed by atoms with van der Waals surface area (Å²) in [6.07, 6.45) is 5.92. The molecule has 1 unspecified atom stereocenters. The summed E-state index contributed by atoms with van der Waals surface area (Å²) in [6.45, 7) is 5.53. The molecule has 0 spiro atoms. The topological polar surface area (TPSA) is 29.9 Å². The minimum Gasteiger partial charge on any atom is -0.328 e. The van der Waals surface area contributed by atoms with Gasteiger partial charge in [0, 0.05) is 19.0 Å². The van der Waals surface area contributed by atoms with Gasteiger partial charge in [0.25, 0.3) is 0 Å². The summed E-state index contributed by atoms with van der Waals surface area (Å²) in [7, 11) is 2.06. The van der Waals surface area contributed by atoms with E-state index in [9.17, 15) is 0 Å². The van der Waals surface area contributed by atoms with Crippen molar-refractivity contribution >= 4 is 11.0 Å². The summed E-state index contributed by atoms with van der Waals surface area (Å²) in [6, 6.07) is 9.00. The Balaban J connectivity index is 2.25. The number of fused-ring (bicyclic) bond motifs is 1. The number of unbranched alkanes of at least 4 members (excludes halogenated alkanes) is 1. The molecule has 2 aromatic rings. The van der Waals surface area contributed by atoms with Crippen LogP contribution in [0, 0.1) is 0 Å². The van der Waals surface area contributed by atoms with Crippen LogP contribution in [-0.2, 0) is 13.0 Å². The molecule has 2 rings (SSSR count). The molecule has 0 aliphatic rings. The van der Waals surface area contributed by atoms with Crippen molar-refractivity contribution in [3.8, 4) is 0 Å². The Bertz CT molecular complexity index is 530. The van der Waals surface area contributed by atoms with Gasteiger partial charge in [0.05, 0.1) is 11.0 Å². The molecule has 3 nitrogen and oxygen atoms in total. The van der Waals surface area contributed by atoms with Crippen LogP contribution >= 0.6 is 0 Å². The quantitative estimate of drug-likeness (QED) is 0.793. The van der Waals surface area contributed by atoms with E-state index in [1.807, 2.05) is 0 Å². The van der Waals surface area contributed by atoms with Crippen LogP contribution < -0.4 is 5.32 Å². The van der Waals surface area contributed by atoms with Crippen LogP contribution in [0.4, 0.5) is 0 Å². The number of hydrogen-bond acceptors (Lipinski definition) is 2. The van der Waals surface area contributed by atoms with Crippen molar-refractivity contribution in [1.29, 1.82) is 0 Å². The van der Waals surface area contributed by atoms with Gasteiger partial charge in [-0.25, -0.2) is 4.98 Å². The number of aromatic nitrogens is 2. The maximum Gasteiger partial charge on any atom is 0.111 e. The van der Waals surface area contributed by atoms with Crippen molar-refractivity contribution in [3.63, 3.8) is 0 Å². The van der Waals surface area contributed by atoms with E-state index in [0.29, 0.717) is 6.04 Å². The Kier molecular flexibility index (Phi) is 5.60. The third-order valence-corrected chi connectivity index (χ3v) is 3.92. The molecule has 3 heteroatoms. The van der Waals surface area contributed by atoms with Crippen LogP contribution in [-0.4, -0.2) is 22.6 Å². The number of aryl methyl sites for hydroxylation is 1. The van der Waals surface area contributed by atoms with Gasteiger partial charge in [-0.3, -0.25) is 0 Å². The maximum atomic E-state index is 4.85. The molecular weight excluding hydrogens is 246 g/mol. The summed E-state index contributed by atoms with van der Waals surface area (Å²) in [5, 5.41) is 3.45. The number of likely N-dealkylation sites (N-methyl/N-ethyl adjacent to an activating group) is 1. The Morgan fingerprint density at radius 3 is 2.70 bits per heavy atom. The van der Waals surface area contributed by atoms with Gasteiger partial charge < -0.3 is 9.88 Å². The molecule has 0 bridgehead atoms. The zero-order chi connectivity index (χ0) is 14.4. The van der Waals surface area contributed by atoms with Crippen molar-refractivity contribution in [1.82, 2.24) is 14.9 Å². The summed E-state index contributed by atoms with van der Waals surface area (Å²) in [5.41, 5.74) is 2.40. The number of benzene rings is 1. The van der Waals surface area contributed by atoms with Gasteiger partial charge in [0.2, 0.25) is 0 Å². The zero-order valence-electron chi connectivity index (χ0n) is 13.0. The number of imidazole rings is 1. The molecule has 1 aromatic heterocycles. The highest BCUT2D eigenvalue weighted by atomic mass is 15.1. The molecule has 110 valence electrons. The Hall–Kier alpha value is -1.35. The zero-order valence-corrected chi connectivity index (χ0v) is 13.0. The van der Waals surface area contributed by atoms with E-state index in [4.69, 9.17) is 4.98 Å². The molecule has 1 N–H and O–H groups in total. The molecule has 0 radical (unpaired) electrons. The number of rotatable bonds is 8. The lowest BCUT2D eigenvalue weighted by Crippen LogP contribution is -2.28. The van der Waals surface area contributed by atoms with E-state index in [1.54, 1.807) is 0 Å². The molecule has 0 amide bonds. The van der Waals surface area contributed by atoms with Crippen LogP contribution in [0.5, 0.6) is 0 Å². The van der Waals surface area contributed by atoms with Gasteiger partial charge >= 0.3 is 0 Å². The summed E-state index contributed by atoms with van der Waals surface area (Å²) < 4.78 is 2.39. The second-order valence-electron chi connectivity index (χ2n) is 5.50. The third kappa shape index (κ3) is 3.40. The summed E-state index contributed by atoms with van der Waals surface area (Å²) >= 11 is 0. The largest absolute Gasteiger partial charge is 0.328 e. The second-order valence-corrected chi connectivity index (χ2v) is 5.50. The molecular formula is C17H27N3. The van der Waals surface area contributed by atoms with Gasteiger partial charge in [-0.15, -0.1) is 0 Å². The first-order valence-corrected chi connectivity index (χ1v) is 7.91. The van der Waals surface area contributed by atoms with Crippen LogP contribution in [0.25, 0.3) is 11.0 Å². The predicted molar refractivity (Wildman–Crippen MR) is 86.1 cm³/mol. The Labute approximate surface area is 122 Å².